The number of rotatable bonds is 6. The fourth-order valence-corrected chi connectivity index (χ4v) is 3.07. The zero-order chi connectivity index (χ0) is 14.4. The zero-order valence-electron chi connectivity index (χ0n) is 13.1. The molecule has 1 aromatic rings. The van der Waals surface area contributed by atoms with Crippen molar-refractivity contribution >= 4 is 5.69 Å². The standard InChI is InChI=1S/C17H28N2O/c1-4-18-14(2)16-7-9-17(10-8-16)19-11-5-6-15(12-19)13-20-3/h7-10,14-15,18H,4-6,11-13H2,1-3H3. The van der Waals surface area contributed by atoms with Crippen molar-refractivity contribution in [3.8, 4) is 0 Å². The van der Waals surface area contributed by atoms with E-state index in [4.69, 9.17) is 4.74 Å². The van der Waals surface area contributed by atoms with Crippen LogP contribution in [0.25, 0.3) is 0 Å². The fourth-order valence-electron chi connectivity index (χ4n) is 3.07. The maximum Gasteiger partial charge on any atom is 0.0507 e. The summed E-state index contributed by atoms with van der Waals surface area (Å²) in [5, 5.41) is 3.45. The molecule has 2 rings (SSSR count). The Bertz CT molecular complexity index is 388. The lowest BCUT2D eigenvalue weighted by Gasteiger charge is -2.34. The maximum atomic E-state index is 5.31. The molecule has 1 saturated heterocycles. The molecule has 1 heterocycles. The van der Waals surface area contributed by atoms with E-state index < -0.39 is 0 Å². The zero-order valence-corrected chi connectivity index (χ0v) is 13.1. The van der Waals surface area contributed by atoms with Gasteiger partial charge in [0.2, 0.25) is 0 Å². The molecule has 0 aromatic heterocycles. The van der Waals surface area contributed by atoms with Gasteiger partial charge in [0.05, 0.1) is 6.61 Å². The molecule has 3 heteroatoms. The monoisotopic (exact) mass is 276 g/mol. The topological polar surface area (TPSA) is 24.5 Å². The summed E-state index contributed by atoms with van der Waals surface area (Å²) in [6.45, 7) is 8.54. The van der Waals surface area contributed by atoms with Gasteiger partial charge in [-0.2, -0.15) is 0 Å². The van der Waals surface area contributed by atoms with Crippen LogP contribution in [0.1, 0.15) is 38.3 Å². The minimum atomic E-state index is 0.427. The van der Waals surface area contributed by atoms with Crippen molar-refractivity contribution in [1.82, 2.24) is 5.32 Å². The molecule has 1 fully saturated rings. The van der Waals surface area contributed by atoms with E-state index in [2.05, 4.69) is 48.3 Å². The average molecular weight is 276 g/mol. The summed E-state index contributed by atoms with van der Waals surface area (Å²) in [6.07, 6.45) is 2.56. The molecule has 0 radical (unpaired) electrons. The summed E-state index contributed by atoms with van der Waals surface area (Å²) < 4.78 is 5.31. The van der Waals surface area contributed by atoms with Crippen LogP contribution in [0, 0.1) is 5.92 Å². The van der Waals surface area contributed by atoms with Crippen molar-refractivity contribution in [2.75, 3.05) is 38.3 Å². The Hall–Kier alpha value is -1.06. The minimum absolute atomic E-state index is 0.427. The van der Waals surface area contributed by atoms with Gasteiger partial charge in [-0.15, -0.1) is 0 Å². The predicted octanol–water partition coefficient (Wildman–Crippen LogP) is 3.22. The third-order valence-electron chi connectivity index (χ3n) is 4.19. The fraction of sp³-hybridized carbons (Fsp3) is 0.647. The molecular weight excluding hydrogens is 248 g/mol. The van der Waals surface area contributed by atoms with Crippen molar-refractivity contribution in [3.63, 3.8) is 0 Å². The van der Waals surface area contributed by atoms with Crippen LogP contribution in [0.4, 0.5) is 5.69 Å². The molecule has 3 nitrogen and oxygen atoms in total. The van der Waals surface area contributed by atoms with Gasteiger partial charge in [-0.1, -0.05) is 19.1 Å². The van der Waals surface area contributed by atoms with E-state index in [-0.39, 0.29) is 0 Å². The number of nitrogens with zero attached hydrogens (tertiary/aromatic N) is 1. The molecule has 112 valence electrons. The molecule has 20 heavy (non-hydrogen) atoms. The van der Waals surface area contributed by atoms with Crippen LogP contribution in [0.3, 0.4) is 0 Å². The van der Waals surface area contributed by atoms with Crippen LogP contribution in [0.2, 0.25) is 0 Å². The molecule has 2 atom stereocenters. The summed E-state index contributed by atoms with van der Waals surface area (Å²) in [7, 11) is 1.80. The second kappa shape index (κ2) is 7.65. The quantitative estimate of drug-likeness (QED) is 0.863. The van der Waals surface area contributed by atoms with Crippen LogP contribution >= 0.6 is 0 Å². The normalized spacial score (nSPS) is 20.9. The Balaban J connectivity index is 1.98. The molecule has 1 aliphatic rings. The van der Waals surface area contributed by atoms with Crippen LogP contribution in [-0.4, -0.2) is 33.4 Å². The van der Waals surface area contributed by atoms with Crippen LogP contribution in [0.5, 0.6) is 0 Å². The van der Waals surface area contributed by atoms with E-state index in [9.17, 15) is 0 Å². The molecule has 1 aromatic carbocycles. The summed E-state index contributed by atoms with van der Waals surface area (Å²) in [5.74, 6) is 0.675. The molecule has 0 bridgehead atoms. The first kappa shape index (κ1) is 15.3. The highest BCUT2D eigenvalue weighted by atomic mass is 16.5. The molecule has 0 spiro atoms. The molecular formula is C17H28N2O. The Morgan fingerprint density at radius 2 is 2.10 bits per heavy atom. The van der Waals surface area contributed by atoms with Gasteiger partial charge in [-0.05, 0) is 49.9 Å². The number of hydrogen-bond acceptors (Lipinski definition) is 3. The van der Waals surface area contributed by atoms with Gasteiger partial charge in [-0.25, -0.2) is 0 Å². The molecule has 0 aliphatic carbocycles. The number of anilines is 1. The van der Waals surface area contributed by atoms with Crippen molar-refractivity contribution in [3.05, 3.63) is 29.8 Å². The molecule has 0 saturated carbocycles. The lowest BCUT2D eigenvalue weighted by Crippen LogP contribution is -2.37. The van der Waals surface area contributed by atoms with Crippen LogP contribution in [0.15, 0.2) is 24.3 Å². The number of ether oxygens (including phenoxy) is 1. The highest BCUT2D eigenvalue weighted by Crippen LogP contribution is 2.25. The number of piperidine rings is 1. The largest absolute Gasteiger partial charge is 0.384 e. The Morgan fingerprint density at radius 1 is 1.35 bits per heavy atom. The van der Waals surface area contributed by atoms with Crippen molar-refractivity contribution < 1.29 is 4.74 Å². The van der Waals surface area contributed by atoms with Crippen LogP contribution in [-0.2, 0) is 4.74 Å². The minimum Gasteiger partial charge on any atom is -0.384 e. The maximum absolute atomic E-state index is 5.31. The summed E-state index contributed by atoms with van der Waals surface area (Å²) in [6, 6.07) is 9.46. The Kier molecular flexibility index (Phi) is 5.86. The second-order valence-electron chi connectivity index (χ2n) is 5.78. The van der Waals surface area contributed by atoms with Gasteiger partial charge in [0.25, 0.3) is 0 Å². The average Bonchev–Trinajstić information content (AvgIpc) is 2.48. The molecule has 1 N–H and O–H groups in total. The van der Waals surface area contributed by atoms with Crippen LogP contribution < -0.4 is 10.2 Å². The summed E-state index contributed by atoms with van der Waals surface area (Å²) >= 11 is 0. The van der Waals surface area contributed by atoms with Gasteiger partial charge >= 0.3 is 0 Å². The van der Waals surface area contributed by atoms with E-state index in [1.54, 1.807) is 7.11 Å². The number of nitrogens with one attached hydrogen (secondary N) is 1. The van der Waals surface area contributed by atoms with E-state index in [0.717, 1.165) is 19.7 Å². The summed E-state index contributed by atoms with van der Waals surface area (Å²) in [4.78, 5) is 2.49. The van der Waals surface area contributed by atoms with Crippen molar-refractivity contribution in [1.29, 1.82) is 0 Å². The third-order valence-corrected chi connectivity index (χ3v) is 4.19. The second-order valence-corrected chi connectivity index (χ2v) is 5.78. The number of hydrogen-bond donors (Lipinski definition) is 1. The smallest absolute Gasteiger partial charge is 0.0507 e. The van der Waals surface area contributed by atoms with E-state index >= 15 is 0 Å². The lowest BCUT2D eigenvalue weighted by atomic mass is 9.98. The first-order valence-electron chi connectivity index (χ1n) is 7.81. The molecule has 2 unspecified atom stereocenters. The number of methoxy groups -OCH3 is 1. The lowest BCUT2D eigenvalue weighted by molar-refractivity contribution is 0.143. The van der Waals surface area contributed by atoms with Crippen molar-refractivity contribution in [2.24, 2.45) is 5.92 Å². The van der Waals surface area contributed by atoms with Crippen molar-refractivity contribution in [2.45, 2.75) is 32.7 Å². The van der Waals surface area contributed by atoms with Gasteiger partial charge < -0.3 is 15.0 Å². The highest BCUT2D eigenvalue weighted by Gasteiger charge is 2.20. The predicted molar refractivity (Wildman–Crippen MR) is 85.3 cm³/mol. The van der Waals surface area contributed by atoms with Gasteiger partial charge in [0.1, 0.15) is 0 Å². The Labute approximate surface area is 123 Å². The van der Waals surface area contributed by atoms with E-state index in [1.165, 1.54) is 30.6 Å². The van der Waals surface area contributed by atoms with E-state index in [1.807, 2.05) is 0 Å². The van der Waals surface area contributed by atoms with Gasteiger partial charge in [0.15, 0.2) is 0 Å². The molecule has 0 amide bonds. The third kappa shape index (κ3) is 3.97. The highest BCUT2D eigenvalue weighted by molar-refractivity contribution is 5.48. The Morgan fingerprint density at radius 3 is 2.75 bits per heavy atom. The number of benzene rings is 1. The van der Waals surface area contributed by atoms with Gasteiger partial charge in [-0.3, -0.25) is 0 Å². The summed E-state index contributed by atoms with van der Waals surface area (Å²) in [5.41, 5.74) is 2.71. The first-order valence-corrected chi connectivity index (χ1v) is 7.81. The first-order chi connectivity index (χ1) is 9.74. The SMILES string of the molecule is CCNC(C)c1ccc(N2CCCC(COC)C2)cc1. The van der Waals surface area contributed by atoms with Gasteiger partial charge in [0, 0.05) is 31.9 Å². The van der Waals surface area contributed by atoms with E-state index in [0.29, 0.717) is 12.0 Å². The molecule has 1 aliphatic heterocycles.